The van der Waals surface area contributed by atoms with Crippen molar-refractivity contribution in [2.75, 3.05) is 4.90 Å². The van der Waals surface area contributed by atoms with Crippen LogP contribution in [0.15, 0.2) is 70.9 Å². The Morgan fingerprint density at radius 3 is 2.47 bits per heavy atom. The maximum atomic E-state index is 13.7. The predicted molar refractivity (Wildman–Crippen MR) is 110 cm³/mol. The highest BCUT2D eigenvalue weighted by Crippen LogP contribution is 2.42. The number of hydrogen-bond donors (Lipinski definition) is 1. The number of carbonyl (C=O) groups is 2. The maximum Gasteiger partial charge on any atom is 0.300 e. The Balaban J connectivity index is 1.90. The number of hydrogen-bond acceptors (Lipinski definition) is 4. The van der Waals surface area contributed by atoms with Gasteiger partial charge >= 0.3 is 0 Å². The van der Waals surface area contributed by atoms with Crippen LogP contribution in [0.3, 0.4) is 0 Å². The molecule has 0 radical (unpaired) electrons. The molecule has 2 heterocycles. The fourth-order valence-electron chi connectivity index (χ4n) is 3.65. The zero-order valence-corrected chi connectivity index (χ0v) is 16.6. The van der Waals surface area contributed by atoms with Crippen molar-refractivity contribution < 1.29 is 23.5 Å². The molecule has 6 heteroatoms. The molecular weight excluding hydrogens is 385 g/mol. The Labute approximate surface area is 173 Å². The van der Waals surface area contributed by atoms with Gasteiger partial charge in [-0.25, -0.2) is 4.39 Å². The number of aryl methyl sites for hydroxylation is 2. The van der Waals surface area contributed by atoms with E-state index in [0.717, 1.165) is 12.0 Å². The van der Waals surface area contributed by atoms with E-state index < -0.39 is 23.5 Å². The molecule has 0 spiro atoms. The van der Waals surface area contributed by atoms with E-state index in [4.69, 9.17) is 4.42 Å². The van der Waals surface area contributed by atoms with E-state index in [1.165, 1.54) is 29.4 Å². The van der Waals surface area contributed by atoms with Gasteiger partial charge in [-0.3, -0.25) is 14.5 Å². The number of furan rings is 1. The van der Waals surface area contributed by atoms with Crippen molar-refractivity contribution >= 4 is 23.1 Å². The summed E-state index contributed by atoms with van der Waals surface area (Å²) in [5.74, 6) is -2.04. The molecule has 3 aromatic rings. The van der Waals surface area contributed by atoms with Crippen molar-refractivity contribution in [1.82, 2.24) is 0 Å². The molecule has 0 saturated carbocycles. The summed E-state index contributed by atoms with van der Waals surface area (Å²) in [7, 11) is 0. The summed E-state index contributed by atoms with van der Waals surface area (Å²) in [6.45, 7) is 3.58. The third-order valence-electron chi connectivity index (χ3n) is 5.31. The summed E-state index contributed by atoms with van der Waals surface area (Å²) < 4.78 is 19.2. The number of amides is 1. The average molecular weight is 405 g/mol. The van der Waals surface area contributed by atoms with Gasteiger partial charge in [0.05, 0.1) is 11.8 Å². The first kappa shape index (κ1) is 19.6. The molecule has 1 aliphatic rings. The lowest BCUT2D eigenvalue weighted by molar-refractivity contribution is -0.132. The third-order valence-corrected chi connectivity index (χ3v) is 5.31. The van der Waals surface area contributed by atoms with E-state index in [-0.39, 0.29) is 16.9 Å². The molecule has 30 heavy (non-hydrogen) atoms. The second kappa shape index (κ2) is 7.63. The van der Waals surface area contributed by atoms with E-state index in [0.29, 0.717) is 17.0 Å². The van der Waals surface area contributed by atoms with E-state index in [1.54, 1.807) is 31.2 Å². The Morgan fingerprint density at radius 1 is 1.13 bits per heavy atom. The lowest BCUT2D eigenvalue weighted by Crippen LogP contribution is -2.29. The molecule has 1 unspecified atom stereocenters. The van der Waals surface area contributed by atoms with Crippen LogP contribution in [0.1, 0.15) is 35.4 Å². The van der Waals surface area contributed by atoms with Crippen LogP contribution in [0.5, 0.6) is 0 Å². The first-order valence-electron chi connectivity index (χ1n) is 9.62. The highest BCUT2D eigenvalue weighted by molar-refractivity contribution is 6.51. The van der Waals surface area contributed by atoms with Crippen LogP contribution in [-0.4, -0.2) is 16.8 Å². The lowest BCUT2D eigenvalue weighted by Gasteiger charge is -2.23. The molecule has 2 aromatic carbocycles. The normalized spacial score (nSPS) is 18.2. The summed E-state index contributed by atoms with van der Waals surface area (Å²) in [4.78, 5) is 27.2. The molecule has 1 aliphatic heterocycles. The summed E-state index contributed by atoms with van der Waals surface area (Å²) >= 11 is 0. The van der Waals surface area contributed by atoms with Crippen LogP contribution in [0, 0.1) is 12.7 Å². The molecule has 0 bridgehead atoms. The number of Topliss-reactive ketones (excluding diaryl/α,β-unsaturated/α-hetero) is 1. The highest BCUT2D eigenvalue weighted by Gasteiger charge is 2.48. The molecule has 0 aliphatic carbocycles. The first-order valence-corrected chi connectivity index (χ1v) is 9.62. The minimum atomic E-state index is -0.933. The summed E-state index contributed by atoms with van der Waals surface area (Å²) in [6.07, 6.45) is 2.28. The standard InChI is InChI=1S/C24H20FNO4/c1-3-15-6-9-17(10-7-15)26-21(19-5-4-12-30-19)20(23(28)24(26)29)22(27)16-8-11-18(25)14(2)13-16/h4-13,21,27H,3H2,1-2H3/b22-20-. The van der Waals surface area contributed by atoms with Gasteiger partial charge in [0.25, 0.3) is 11.7 Å². The van der Waals surface area contributed by atoms with Crippen LogP contribution >= 0.6 is 0 Å². The second-order valence-electron chi connectivity index (χ2n) is 7.17. The molecule has 1 saturated heterocycles. The number of carbonyl (C=O) groups excluding carboxylic acids is 2. The zero-order valence-electron chi connectivity index (χ0n) is 16.6. The predicted octanol–water partition coefficient (Wildman–Crippen LogP) is 4.92. The van der Waals surface area contributed by atoms with Gasteiger partial charge in [0.2, 0.25) is 0 Å². The smallest absolute Gasteiger partial charge is 0.300 e. The van der Waals surface area contributed by atoms with E-state index >= 15 is 0 Å². The first-order chi connectivity index (χ1) is 14.4. The van der Waals surface area contributed by atoms with Crippen LogP contribution in [0.25, 0.3) is 5.76 Å². The van der Waals surface area contributed by atoms with Gasteiger partial charge in [0.1, 0.15) is 23.4 Å². The summed E-state index contributed by atoms with van der Waals surface area (Å²) in [5.41, 5.74) is 2.08. The zero-order chi connectivity index (χ0) is 21.4. The lowest BCUT2D eigenvalue weighted by atomic mass is 9.98. The fourth-order valence-corrected chi connectivity index (χ4v) is 3.65. The van der Waals surface area contributed by atoms with Crippen LogP contribution in [0.4, 0.5) is 10.1 Å². The third kappa shape index (κ3) is 3.20. The number of aliphatic hydroxyl groups excluding tert-OH is 1. The second-order valence-corrected chi connectivity index (χ2v) is 7.17. The molecule has 1 atom stereocenters. The summed E-state index contributed by atoms with van der Waals surface area (Å²) in [5, 5.41) is 11.0. The maximum absolute atomic E-state index is 13.7. The van der Waals surface area contributed by atoms with Crippen molar-refractivity contribution in [1.29, 1.82) is 0 Å². The Bertz CT molecular complexity index is 1150. The quantitative estimate of drug-likeness (QED) is 0.380. The topological polar surface area (TPSA) is 70.8 Å². The number of anilines is 1. The van der Waals surface area contributed by atoms with E-state index in [9.17, 15) is 19.1 Å². The van der Waals surface area contributed by atoms with Gasteiger partial charge in [-0.05, 0) is 66.9 Å². The van der Waals surface area contributed by atoms with Gasteiger partial charge in [0, 0.05) is 11.3 Å². The molecule has 4 rings (SSSR count). The van der Waals surface area contributed by atoms with Crippen LogP contribution < -0.4 is 4.90 Å². The highest BCUT2D eigenvalue weighted by atomic mass is 19.1. The number of ketones is 1. The van der Waals surface area contributed by atoms with Gasteiger partial charge in [-0.15, -0.1) is 0 Å². The van der Waals surface area contributed by atoms with Gasteiger partial charge in [-0.1, -0.05) is 19.1 Å². The Hall–Kier alpha value is -3.67. The van der Waals surface area contributed by atoms with Crippen molar-refractivity contribution in [3.05, 3.63) is 94.7 Å². The largest absolute Gasteiger partial charge is 0.507 e. The number of benzene rings is 2. The molecule has 1 aromatic heterocycles. The molecule has 1 amide bonds. The average Bonchev–Trinajstić information content (AvgIpc) is 3.37. The Kier molecular flexibility index (Phi) is 4.99. The van der Waals surface area contributed by atoms with E-state index in [1.807, 2.05) is 19.1 Å². The molecule has 1 N–H and O–H groups in total. The number of nitrogens with zero attached hydrogens (tertiary/aromatic N) is 1. The monoisotopic (exact) mass is 405 g/mol. The van der Waals surface area contributed by atoms with Gasteiger partial charge < -0.3 is 9.52 Å². The van der Waals surface area contributed by atoms with Crippen LogP contribution in [-0.2, 0) is 16.0 Å². The molecule has 152 valence electrons. The minimum absolute atomic E-state index is 0.0967. The van der Waals surface area contributed by atoms with E-state index in [2.05, 4.69) is 0 Å². The molecule has 5 nitrogen and oxygen atoms in total. The van der Waals surface area contributed by atoms with Crippen molar-refractivity contribution in [3.63, 3.8) is 0 Å². The van der Waals surface area contributed by atoms with Crippen molar-refractivity contribution in [2.24, 2.45) is 0 Å². The van der Waals surface area contributed by atoms with Gasteiger partial charge in [-0.2, -0.15) is 0 Å². The molecular formula is C24H20FNO4. The number of aliphatic hydroxyl groups is 1. The van der Waals surface area contributed by atoms with Crippen molar-refractivity contribution in [3.8, 4) is 0 Å². The van der Waals surface area contributed by atoms with Crippen molar-refractivity contribution in [2.45, 2.75) is 26.3 Å². The van der Waals surface area contributed by atoms with Gasteiger partial charge in [0.15, 0.2) is 0 Å². The SMILES string of the molecule is CCc1ccc(N2C(=O)C(=O)/C(=C(\O)c3ccc(F)c(C)c3)C2c2ccco2)cc1. The number of halogens is 1. The molecule has 1 fully saturated rings. The summed E-state index contributed by atoms with van der Waals surface area (Å²) in [6, 6.07) is 13.7. The minimum Gasteiger partial charge on any atom is -0.507 e. The fraction of sp³-hybridized carbons (Fsp3) is 0.167. The van der Waals surface area contributed by atoms with Crippen LogP contribution in [0.2, 0.25) is 0 Å². The number of rotatable bonds is 4. The Morgan fingerprint density at radius 2 is 1.87 bits per heavy atom.